The van der Waals surface area contributed by atoms with Crippen LogP contribution < -0.4 is 0 Å². The van der Waals surface area contributed by atoms with Gasteiger partial charge in [-0.25, -0.2) is 0 Å². The molecule has 2 fully saturated rings. The molecule has 0 aromatic carbocycles. The summed E-state index contributed by atoms with van der Waals surface area (Å²) in [7, 11) is 0. The van der Waals surface area contributed by atoms with Gasteiger partial charge in [0.25, 0.3) is 0 Å². The lowest BCUT2D eigenvalue weighted by molar-refractivity contribution is -0.308. The van der Waals surface area contributed by atoms with E-state index in [-0.39, 0.29) is 18.4 Å². The molecule has 11 heteroatoms. The molecular formula is C29H47NO10. The van der Waals surface area contributed by atoms with E-state index < -0.39 is 67.0 Å². The number of fused-ring (bicyclic) bond motifs is 5. The molecule has 0 aromatic heterocycles. The number of carbonyl (C=O) groups excluding carboxylic acids is 1. The first-order chi connectivity index (χ1) is 19.2. The summed E-state index contributed by atoms with van der Waals surface area (Å²) in [6.45, 7) is 1.32. The number of aliphatic hydroxyl groups is 6. The summed E-state index contributed by atoms with van der Waals surface area (Å²) in [4.78, 5) is 15.0. The number of hydrogen-bond acceptors (Lipinski definition) is 10. The molecule has 2 bridgehead atoms. The van der Waals surface area contributed by atoms with Crippen molar-refractivity contribution in [1.29, 1.82) is 0 Å². The molecule has 4 aliphatic heterocycles. The van der Waals surface area contributed by atoms with Crippen molar-refractivity contribution < 1.29 is 49.6 Å². The summed E-state index contributed by atoms with van der Waals surface area (Å²) in [6.07, 6.45) is 9.26. The van der Waals surface area contributed by atoms with Crippen LogP contribution >= 0.6 is 0 Å². The van der Waals surface area contributed by atoms with Gasteiger partial charge in [-0.15, -0.1) is 0 Å². The van der Waals surface area contributed by atoms with Crippen LogP contribution in [-0.4, -0.2) is 110 Å². The molecule has 40 heavy (non-hydrogen) atoms. The predicted molar refractivity (Wildman–Crippen MR) is 144 cm³/mol. The molecule has 7 unspecified atom stereocenters. The number of ether oxygens (including phenoxy) is 3. The van der Waals surface area contributed by atoms with Crippen molar-refractivity contribution in [3.8, 4) is 0 Å². The Bertz CT molecular complexity index is 911. The van der Waals surface area contributed by atoms with Gasteiger partial charge >= 0.3 is 0 Å². The van der Waals surface area contributed by atoms with Crippen LogP contribution in [0.2, 0.25) is 0 Å². The van der Waals surface area contributed by atoms with Gasteiger partial charge in [-0.2, -0.15) is 0 Å². The highest BCUT2D eigenvalue weighted by molar-refractivity contribution is 5.85. The highest BCUT2D eigenvalue weighted by Crippen LogP contribution is 2.56. The van der Waals surface area contributed by atoms with Gasteiger partial charge in [0.05, 0.1) is 25.7 Å². The fourth-order valence-corrected chi connectivity index (χ4v) is 6.52. The average Bonchev–Trinajstić information content (AvgIpc) is 3.46. The monoisotopic (exact) mass is 569 g/mol. The summed E-state index contributed by atoms with van der Waals surface area (Å²) >= 11 is 0. The first-order valence-corrected chi connectivity index (χ1v) is 14.9. The van der Waals surface area contributed by atoms with Crippen LogP contribution in [0.4, 0.5) is 0 Å². The van der Waals surface area contributed by atoms with Crippen LogP contribution in [0.1, 0.15) is 71.1 Å². The van der Waals surface area contributed by atoms with Gasteiger partial charge in [-0.1, -0.05) is 76.9 Å². The Morgan fingerprint density at radius 3 is 2.15 bits per heavy atom. The zero-order valence-electron chi connectivity index (χ0n) is 23.4. The number of nitrogens with zero attached hydrogens (tertiary/aromatic N) is 1. The summed E-state index contributed by atoms with van der Waals surface area (Å²) in [5.74, 6) is -1.91. The molecular weight excluding hydrogens is 522 g/mol. The third-order valence-electron chi connectivity index (χ3n) is 8.92. The second-order valence-electron chi connectivity index (χ2n) is 11.7. The lowest BCUT2D eigenvalue weighted by Gasteiger charge is -2.42. The highest BCUT2D eigenvalue weighted by Gasteiger charge is 2.68. The van der Waals surface area contributed by atoms with Crippen molar-refractivity contribution in [2.24, 2.45) is 11.8 Å². The quantitative estimate of drug-likeness (QED) is 0.118. The van der Waals surface area contributed by atoms with E-state index in [0.717, 1.165) is 25.7 Å². The molecule has 1 amide bonds. The SMILES string of the molecule is CCCCCCCCCCCCN1C(=O)C2C(C=C1O)C1(CO[C@@H]3OC(CO)[C@@H](O)C(O)C3O)C=CC2(CO)O1. The van der Waals surface area contributed by atoms with Crippen molar-refractivity contribution in [2.75, 3.05) is 26.4 Å². The van der Waals surface area contributed by atoms with Crippen molar-refractivity contribution >= 4 is 5.91 Å². The lowest BCUT2D eigenvalue weighted by atomic mass is 9.69. The number of rotatable bonds is 16. The van der Waals surface area contributed by atoms with Crippen LogP contribution in [-0.2, 0) is 19.0 Å². The first kappa shape index (κ1) is 31.4. The van der Waals surface area contributed by atoms with E-state index in [1.54, 1.807) is 18.2 Å². The number of unbranched alkanes of at least 4 members (excludes halogenated alkanes) is 9. The predicted octanol–water partition coefficient (Wildman–Crippen LogP) is 1.27. The Hall–Kier alpha value is -1.57. The molecule has 0 radical (unpaired) electrons. The fraction of sp³-hybridized carbons (Fsp3) is 0.828. The molecule has 11 nitrogen and oxygen atoms in total. The zero-order valence-corrected chi connectivity index (χ0v) is 23.4. The Morgan fingerprint density at radius 2 is 1.52 bits per heavy atom. The van der Waals surface area contributed by atoms with Crippen LogP contribution in [0.5, 0.6) is 0 Å². The van der Waals surface area contributed by atoms with Crippen molar-refractivity contribution in [1.82, 2.24) is 4.90 Å². The zero-order chi connectivity index (χ0) is 28.9. The smallest absolute Gasteiger partial charge is 0.236 e. The molecule has 2 saturated heterocycles. The van der Waals surface area contributed by atoms with Crippen LogP contribution in [0.3, 0.4) is 0 Å². The Kier molecular flexibility index (Phi) is 10.7. The van der Waals surface area contributed by atoms with E-state index in [9.17, 15) is 35.4 Å². The maximum absolute atomic E-state index is 13.6. The third kappa shape index (κ3) is 6.12. The number of aliphatic hydroxyl groups excluding tert-OH is 6. The van der Waals surface area contributed by atoms with E-state index in [4.69, 9.17) is 14.2 Å². The maximum atomic E-state index is 13.6. The number of hydrogen-bond donors (Lipinski definition) is 6. The van der Waals surface area contributed by atoms with Gasteiger partial charge in [0, 0.05) is 12.5 Å². The summed E-state index contributed by atoms with van der Waals surface area (Å²) < 4.78 is 17.5. The Morgan fingerprint density at radius 1 is 0.900 bits per heavy atom. The van der Waals surface area contributed by atoms with Gasteiger partial charge in [0.2, 0.25) is 5.91 Å². The first-order valence-electron chi connectivity index (χ1n) is 14.9. The van der Waals surface area contributed by atoms with Gasteiger partial charge in [0.15, 0.2) is 12.2 Å². The standard InChI is InChI=1S/C29H47NO10/c1-2-3-4-5-6-7-8-9-10-11-14-30-21(33)15-19-22(26(30)37)28(17-32)12-13-29(19,40-28)18-38-27-25(36)24(35)23(34)20(16-31)39-27/h12-13,15,19-20,22-25,27,31-36H,2-11,14,16-18H2,1H3/t19?,20?,22?,23-,24?,25?,27-,28?,29?/m1/s1. The van der Waals surface area contributed by atoms with Crippen LogP contribution in [0, 0.1) is 11.8 Å². The number of carbonyl (C=O) groups is 1. The summed E-state index contributed by atoms with van der Waals surface area (Å²) in [5.41, 5.74) is -2.52. The minimum atomic E-state index is -1.60. The molecule has 4 rings (SSSR count). The molecule has 4 aliphatic rings. The molecule has 9 atom stereocenters. The van der Waals surface area contributed by atoms with Gasteiger partial charge in [0.1, 0.15) is 35.6 Å². The molecule has 228 valence electrons. The molecule has 6 N–H and O–H groups in total. The summed E-state index contributed by atoms with van der Waals surface area (Å²) in [5, 5.41) is 61.0. The van der Waals surface area contributed by atoms with E-state index >= 15 is 0 Å². The second kappa shape index (κ2) is 13.6. The van der Waals surface area contributed by atoms with Gasteiger partial charge < -0.3 is 44.8 Å². The largest absolute Gasteiger partial charge is 0.495 e. The van der Waals surface area contributed by atoms with Gasteiger partial charge in [-0.3, -0.25) is 9.69 Å². The molecule has 0 aliphatic carbocycles. The van der Waals surface area contributed by atoms with Crippen molar-refractivity contribution in [3.05, 3.63) is 24.1 Å². The molecule has 4 heterocycles. The van der Waals surface area contributed by atoms with E-state index in [0.29, 0.717) is 6.54 Å². The van der Waals surface area contributed by atoms with E-state index in [1.807, 2.05) is 0 Å². The van der Waals surface area contributed by atoms with Crippen molar-refractivity contribution in [3.63, 3.8) is 0 Å². The topological polar surface area (TPSA) is 169 Å². The Balaban J connectivity index is 1.35. The van der Waals surface area contributed by atoms with Crippen LogP contribution in [0.25, 0.3) is 0 Å². The Labute approximate surface area is 236 Å². The second-order valence-corrected chi connectivity index (χ2v) is 11.7. The minimum absolute atomic E-state index is 0.160. The molecule has 0 spiro atoms. The minimum Gasteiger partial charge on any atom is -0.495 e. The van der Waals surface area contributed by atoms with Gasteiger partial charge in [-0.05, 0) is 12.5 Å². The van der Waals surface area contributed by atoms with E-state index in [2.05, 4.69) is 6.92 Å². The average molecular weight is 570 g/mol. The molecule has 0 aromatic rings. The normalized spacial score (nSPS) is 38.6. The fourth-order valence-electron chi connectivity index (χ4n) is 6.52. The highest BCUT2D eigenvalue weighted by atomic mass is 16.7. The maximum Gasteiger partial charge on any atom is 0.236 e. The van der Waals surface area contributed by atoms with Crippen molar-refractivity contribution in [2.45, 2.75) is 113 Å². The molecule has 0 saturated carbocycles. The van der Waals surface area contributed by atoms with E-state index in [1.165, 1.54) is 43.4 Å². The third-order valence-corrected chi connectivity index (χ3v) is 8.92. The lowest BCUT2D eigenvalue weighted by Crippen LogP contribution is -2.60. The number of amides is 1. The van der Waals surface area contributed by atoms with Crippen LogP contribution in [0.15, 0.2) is 24.1 Å². The summed E-state index contributed by atoms with van der Waals surface area (Å²) in [6, 6.07) is 0.